The summed E-state index contributed by atoms with van der Waals surface area (Å²) in [4.78, 5) is 8.05. The van der Waals surface area contributed by atoms with Crippen LogP contribution >= 0.6 is 0 Å². The second kappa shape index (κ2) is 9.21. The van der Waals surface area contributed by atoms with Gasteiger partial charge in [0, 0.05) is 44.3 Å². The third kappa shape index (κ3) is 5.80. The highest BCUT2D eigenvalue weighted by molar-refractivity contribution is 4.84. The Morgan fingerprint density at radius 1 is 0.909 bits per heavy atom. The third-order valence-electron chi connectivity index (χ3n) is 5.36. The molecule has 2 fully saturated rings. The SMILES string of the molecule is CC(C)NCCCN1CCN(C2CCN(C(C)C)CC2)CC1. The van der Waals surface area contributed by atoms with Crippen LogP contribution in [0.25, 0.3) is 0 Å². The molecule has 0 saturated carbocycles. The highest BCUT2D eigenvalue weighted by Crippen LogP contribution is 2.19. The fraction of sp³-hybridized carbons (Fsp3) is 1.00. The van der Waals surface area contributed by atoms with Crippen LogP contribution in [0.1, 0.15) is 47.0 Å². The lowest BCUT2D eigenvalue weighted by Crippen LogP contribution is -2.54. The Kier molecular flexibility index (Phi) is 7.61. The second-order valence-corrected chi connectivity index (χ2v) is 7.70. The van der Waals surface area contributed by atoms with Gasteiger partial charge in [0.25, 0.3) is 0 Å². The van der Waals surface area contributed by atoms with Crippen molar-refractivity contribution in [3.8, 4) is 0 Å². The first kappa shape index (κ1) is 18.2. The molecule has 2 saturated heterocycles. The number of likely N-dealkylation sites (tertiary alicyclic amines) is 1. The molecule has 0 atom stereocenters. The largest absolute Gasteiger partial charge is 0.314 e. The van der Waals surface area contributed by atoms with E-state index in [-0.39, 0.29) is 0 Å². The van der Waals surface area contributed by atoms with Crippen LogP contribution in [0.3, 0.4) is 0 Å². The Morgan fingerprint density at radius 3 is 2.09 bits per heavy atom. The minimum Gasteiger partial charge on any atom is -0.314 e. The Hall–Kier alpha value is -0.160. The first-order valence-corrected chi connectivity index (χ1v) is 9.50. The van der Waals surface area contributed by atoms with E-state index in [0.29, 0.717) is 6.04 Å². The summed E-state index contributed by atoms with van der Waals surface area (Å²) in [7, 11) is 0. The normalized spacial score (nSPS) is 23.7. The van der Waals surface area contributed by atoms with E-state index in [0.717, 1.165) is 18.6 Å². The quantitative estimate of drug-likeness (QED) is 0.725. The number of nitrogens with one attached hydrogen (secondary N) is 1. The van der Waals surface area contributed by atoms with Crippen LogP contribution in [-0.4, -0.2) is 85.2 Å². The van der Waals surface area contributed by atoms with E-state index in [9.17, 15) is 0 Å². The summed E-state index contributed by atoms with van der Waals surface area (Å²) in [5.41, 5.74) is 0. The van der Waals surface area contributed by atoms with Crippen molar-refractivity contribution < 1.29 is 0 Å². The number of hydrogen-bond donors (Lipinski definition) is 1. The first-order valence-electron chi connectivity index (χ1n) is 9.50. The molecule has 0 amide bonds. The monoisotopic (exact) mass is 310 g/mol. The lowest BCUT2D eigenvalue weighted by atomic mass is 10.0. The van der Waals surface area contributed by atoms with Crippen molar-refractivity contribution in [2.24, 2.45) is 0 Å². The highest BCUT2D eigenvalue weighted by Gasteiger charge is 2.27. The summed E-state index contributed by atoms with van der Waals surface area (Å²) in [6, 6.07) is 2.19. The Bertz CT molecular complexity index is 289. The van der Waals surface area contributed by atoms with Crippen molar-refractivity contribution >= 4 is 0 Å². The molecule has 4 heteroatoms. The molecule has 2 aliphatic rings. The molecule has 0 radical (unpaired) electrons. The van der Waals surface area contributed by atoms with Gasteiger partial charge in [0.2, 0.25) is 0 Å². The summed E-state index contributed by atoms with van der Waals surface area (Å²) < 4.78 is 0. The fourth-order valence-corrected chi connectivity index (χ4v) is 3.81. The minimum atomic E-state index is 0.619. The predicted molar refractivity (Wildman–Crippen MR) is 95.5 cm³/mol. The second-order valence-electron chi connectivity index (χ2n) is 7.70. The molecule has 0 bridgehead atoms. The summed E-state index contributed by atoms with van der Waals surface area (Å²) in [5.74, 6) is 0. The van der Waals surface area contributed by atoms with Crippen LogP contribution < -0.4 is 5.32 Å². The summed E-state index contributed by atoms with van der Waals surface area (Å²) in [5, 5.41) is 3.52. The Balaban J connectivity index is 1.59. The van der Waals surface area contributed by atoms with Gasteiger partial charge in [-0.2, -0.15) is 0 Å². The van der Waals surface area contributed by atoms with E-state index in [1.165, 1.54) is 65.1 Å². The molecule has 1 N–H and O–H groups in total. The molecule has 0 aliphatic carbocycles. The van der Waals surface area contributed by atoms with Crippen LogP contribution in [0.5, 0.6) is 0 Å². The molecule has 0 aromatic rings. The predicted octanol–water partition coefficient (Wildman–Crippen LogP) is 1.86. The summed E-state index contributed by atoms with van der Waals surface area (Å²) >= 11 is 0. The summed E-state index contributed by atoms with van der Waals surface area (Å²) in [6.45, 7) is 19.2. The molecule has 130 valence electrons. The topological polar surface area (TPSA) is 21.8 Å². The van der Waals surface area contributed by atoms with Crippen LogP contribution in [0.4, 0.5) is 0 Å². The van der Waals surface area contributed by atoms with E-state index < -0.39 is 0 Å². The van der Waals surface area contributed by atoms with Gasteiger partial charge in [-0.05, 0) is 59.3 Å². The number of rotatable bonds is 7. The molecule has 22 heavy (non-hydrogen) atoms. The van der Waals surface area contributed by atoms with Gasteiger partial charge >= 0.3 is 0 Å². The van der Waals surface area contributed by atoms with Crippen LogP contribution in [0.2, 0.25) is 0 Å². The molecule has 0 aromatic heterocycles. The van der Waals surface area contributed by atoms with Gasteiger partial charge < -0.3 is 15.1 Å². The number of nitrogens with zero attached hydrogens (tertiary/aromatic N) is 3. The van der Waals surface area contributed by atoms with Crippen molar-refractivity contribution in [1.82, 2.24) is 20.0 Å². The maximum absolute atomic E-state index is 3.52. The standard InChI is InChI=1S/C18H38N4/c1-16(2)19-8-5-9-20-12-14-22(15-13-20)18-6-10-21(11-7-18)17(3)4/h16-19H,5-15H2,1-4H3. The lowest BCUT2D eigenvalue weighted by molar-refractivity contribution is 0.0516. The van der Waals surface area contributed by atoms with E-state index >= 15 is 0 Å². The number of hydrogen-bond acceptors (Lipinski definition) is 4. The van der Waals surface area contributed by atoms with Gasteiger partial charge in [0.1, 0.15) is 0 Å². The van der Waals surface area contributed by atoms with E-state index in [4.69, 9.17) is 0 Å². The third-order valence-corrected chi connectivity index (χ3v) is 5.36. The molecular weight excluding hydrogens is 272 g/mol. The molecular formula is C18H38N4. The number of piperazine rings is 1. The van der Waals surface area contributed by atoms with Gasteiger partial charge in [-0.1, -0.05) is 13.8 Å². The fourth-order valence-electron chi connectivity index (χ4n) is 3.81. The minimum absolute atomic E-state index is 0.619. The van der Waals surface area contributed by atoms with Crippen molar-refractivity contribution in [2.75, 3.05) is 52.4 Å². The zero-order valence-corrected chi connectivity index (χ0v) is 15.4. The zero-order chi connectivity index (χ0) is 15.9. The molecule has 0 spiro atoms. The molecule has 4 nitrogen and oxygen atoms in total. The van der Waals surface area contributed by atoms with Gasteiger partial charge in [-0.3, -0.25) is 4.90 Å². The van der Waals surface area contributed by atoms with Gasteiger partial charge in [0.05, 0.1) is 0 Å². The van der Waals surface area contributed by atoms with Crippen LogP contribution in [-0.2, 0) is 0 Å². The Labute approximate surface area is 138 Å². The van der Waals surface area contributed by atoms with Crippen molar-refractivity contribution in [3.63, 3.8) is 0 Å². The molecule has 0 aromatic carbocycles. The lowest BCUT2D eigenvalue weighted by Gasteiger charge is -2.43. The first-order chi connectivity index (χ1) is 10.6. The molecule has 0 unspecified atom stereocenters. The van der Waals surface area contributed by atoms with Crippen molar-refractivity contribution in [3.05, 3.63) is 0 Å². The van der Waals surface area contributed by atoms with Crippen LogP contribution in [0.15, 0.2) is 0 Å². The average molecular weight is 311 g/mol. The Morgan fingerprint density at radius 2 is 1.55 bits per heavy atom. The van der Waals surface area contributed by atoms with Crippen molar-refractivity contribution in [2.45, 2.75) is 65.1 Å². The van der Waals surface area contributed by atoms with Gasteiger partial charge in [-0.25, -0.2) is 0 Å². The molecule has 2 rings (SSSR count). The maximum atomic E-state index is 3.52. The van der Waals surface area contributed by atoms with Crippen molar-refractivity contribution in [1.29, 1.82) is 0 Å². The maximum Gasteiger partial charge on any atom is 0.0121 e. The average Bonchev–Trinajstić information content (AvgIpc) is 2.52. The summed E-state index contributed by atoms with van der Waals surface area (Å²) in [6.07, 6.45) is 4.03. The van der Waals surface area contributed by atoms with Crippen LogP contribution in [0, 0.1) is 0 Å². The van der Waals surface area contributed by atoms with Gasteiger partial charge in [0.15, 0.2) is 0 Å². The number of piperidine rings is 1. The highest BCUT2D eigenvalue weighted by atomic mass is 15.3. The van der Waals surface area contributed by atoms with Gasteiger partial charge in [-0.15, -0.1) is 0 Å². The van der Waals surface area contributed by atoms with E-state index in [2.05, 4.69) is 47.7 Å². The zero-order valence-electron chi connectivity index (χ0n) is 15.4. The molecule has 2 aliphatic heterocycles. The molecule has 2 heterocycles. The van der Waals surface area contributed by atoms with E-state index in [1.54, 1.807) is 0 Å². The van der Waals surface area contributed by atoms with E-state index in [1.807, 2.05) is 0 Å². The smallest absolute Gasteiger partial charge is 0.0121 e.